The summed E-state index contributed by atoms with van der Waals surface area (Å²) in [4.78, 5) is 19.9. The van der Waals surface area contributed by atoms with Crippen LogP contribution in [-0.2, 0) is 6.54 Å². The Labute approximate surface area is 160 Å². The quantitative estimate of drug-likeness (QED) is 0.389. The largest absolute Gasteiger partial charge is 0.369 e. The highest BCUT2D eigenvalue weighted by molar-refractivity contribution is 5.93. The summed E-state index contributed by atoms with van der Waals surface area (Å²) in [6.45, 7) is 9.91. The van der Waals surface area contributed by atoms with E-state index < -0.39 is 12.1 Å². The Bertz CT molecular complexity index is 749. The van der Waals surface area contributed by atoms with Gasteiger partial charge < -0.3 is 14.9 Å². The molecule has 1 aliphatic heterocycles. The van der Waals surface area contributed by atoms with E-state index in [4.69, 9.17) is 5.21 Å². The predicted molar refractivity (Wildman–Crippen MR) is 105 cm³/mol. The van der Waals surface area contributed by atoms with E-state index >= 15 is 0 Å². The van der Waals surface area contributed by atoms with Gasteiger partial charge in [0.1, 0.15) is 5.82 Å². The third-order valence-corrected chi connectivity index (χ3v) is 4.47. The molecule has 0 radical (unpaired) electrons. The maximum atomic E-state index is 11.4. The molecular weight excluding hydrogens is 344 g/mol. The molecule has 1 amide bonds. The van der Waals surface area contributed by atoms with Gasteiger partial charge in [-0.05, 0) is 45.4 Å². The third-order valence-electron chi connectivity index (χ3n) is 4.47. The van der Waals surface area contributed by atoms with Crippen molar-refractivity contribution in [1.82, 2.24) is 15.3 Å². The van der Waals surface area contributed by atoms with E-state index in [1.165, 1.54) is 5.57 Å². The standard InChI is InChI=1S/C20H28N4O3/c1-5-23(12-16-6-8-17(9-7-16)19(25)22-27)18-15(4)20(26)24(13-21-18)11-10-14(2)3/h6-10,13,20,26-27H,5,11-12H2,1-4H3,(H,22,25). The summed E-state index contributed by atoms with van der Waals surface area (Å²) in [5.74, 6) is 0.222. The average Bonchev–Trinajstić information content (AvgIpc) is 2.67. The number of aliphatic hydroxyl groups excluding tert-OH is 1. The van der Waals surface area contributed by atoms with Gasteiger partial charge in [0, 0.05) is 30.8 Å². The van der Waals surface area contributed by atoms with Gasteiger partial charge in [-0.2, -0.15) is 0 Å². The molecule has 27 heavy (non-hydrogen) atoms. The van der Waals surface area contributed by atoms with Crippen molar-refractivity contribution in [2.24, 2.45) is 4.99 Å². The number of aliphatic hydroxyl groups is 1. The number of hydroxylamine groups is 1. The van der Waals surface area contributed by atoms with Crippen LogP contribution in [0.1, 0.15) is 43.6 Å². The normalized spacial score (nSPS) is 16.4. The smallest absolute Gasteiger partial charge is 0.274 e. The van der Waals surface area contributed by atoms with Crippen molar-refractivity contribution < 1.29 is 15.1 Å². The molecule has 0 saturated carbocycles. The zero-order valence-electron chi connectivity index (χ0n) is 16.3. The molecule has 7 heteroatoms. The summed E-state index contributed by atoms with van der Waals surface area (Å²) < 4.78 is 0. The second kappa shape index (κ2) is 9.34. The minimum Gasteiger partial charge on any atom is -0.369 e. The van der Waals surface area contributed by atoms with Crippen molar-refractivity contribution in [1.29, 1.82) is 0 Å². The maximum Gasteiger partial charge on any atom is 0.274 e. The van der Waals surface area contributed by atoms with Crippen LogP contribution in [0.4, 0.5) is 0 Å². The van der Waals surface area contributed by atoms with E-state index in [9.17, 15) is 9.90 Å². The van der Waals surface area contributed by atoms with Crippen LogP contribution in [0.2, 0.25) is 0 Å². The summed E-state index contributed by atoms with van der Waals surface area (Å²) in [6, 6.07) is 7.01. The third kappa shape index (κ3) is 5.18. The first kappa shape index (κ1) is 20.7. The van der Waals surface area contributed by atoms with Gasteiger partial charge >= 0.3 is 0 Å². The van der Waals surface area contributed by atoms with Gasteiger partial charge in [0.25, 0.3) is 5.91 Å². The van der Waals surface area contributed by atoms with Crippen LogP contribution in [0.5, 0.6) is 0 Å². The molecule has 0 aromatic heterocycles. The van der Waals surface area contributed by atoms with E-state index in [0.717, 1.165) is 23.5 Å². The van der Waals surface area contributed by atoms with Gasteiger partial charge in [-0.15, -0.1) is 0 Å². The lowest BCUT2D eigenvalue weighted by atomic mass is 10.1. The number of hydrogen-bond acceptors (Lipinski definition) is 6. The number of carbonyl (C=O) groups is 1. The van der Waals surface area contributed by atoms with E-state index in [2.05, 4.69) is 16.0 Å². The number of amides is 1. The number of carbonyl (C=O) groups excluding carboxylic acids is 1. The fraction of sp³-hybridized carbons (Fsp3) is 0.400. The van der Waals surface area contributed by atoms with Crippen LogP contribution in [0, 0.1) is 0 Å². The van der Waals surface area contributed by atoms with Gasteiger partial charge in [0.2, 0.25) is 0 Å². The first-order valence-electron chi connectivity index (χ1n) is 8.97. The van der Waals surface area contributed by atoms with Crippen LogP contribution in [0.15, 0.2) is 52.3 Å². The number of hydrogen-bond donors (Lipinski definition) is 3. The monoisotopic (exact) mass is 372 g/mol. The minimum atomic E-state index is -0.710. The summed E-state index contributed by atoms with van der Waals surface area (Å²) in [6.07, 6.45) is 3.02. The second-order valence-corrected chi connectivity index (χ2v) is 6.76. The molecular formula is C20H28N4O3. The number of nitrogens with zero attached hydrogens (tertiary/aromatic N) is 3. The summed E-state index contributed by atoms with van der Waals surface area (Å²) >= 11 is 0. The Morgan fingerprint density at radius 2 is 2.00 bits per heavy atom. The number of aliphatic imine (C=N–C) groups is 1. The van der Waals surface area contributed by atoms with E-state index in [1.54, 1.807) is 28.9 Å². The molecule has 2 rings (SSSR count). The summed E-state index contributed by atoms with van der Waals surface area (Å²) in [5, 5.41) is 19.3. The highest BCUT2D eigenvalue weighted by Crippen LogP contribution is 2.23. The molecule has 1 heterocycles. The topological polar surface area (TPSA) is 88.4 Å². The lowest BCUT2D eigenvalue weighted by molar-refractivity contribution is 0.0706. The molecule has 1 atom stereocenters. The van der Waals surface area contributed by atoms with E-state index in [0.29, 0.717) is 18.7 Å². The first-order chi connectivity index (χ1) is 12.9. The van der Waals surface area contributed by atoms with Crippen LogP contribution in [0.3, 0.4) is 0 Å². The van der Waals surface area contributed by atoms with Gasteiger partial charge in [-0.25, -0.2) is 10.5 Å². The molecule has 0 aliphatic carbocycles. The Hall–Kier alpha value is -2.64. The van der Waals surface area contributed by atoms with Crippen molar-refractivity contribution >= 4 is 12.2 Å². The summed E-state index contributed by atoms with van der Waals surface area (Å²) in [7, 11) is 0. The maximum absolute atomic E-state index is 11.4. The van der Waals surface area contributed by atoms with Gasteiger partial charge in [0.05, 0.1) is 6.34 Å². The fourth-order valence-electron chi connectivity index (χ4n) is 2.81. The molecule has 0 spiro atoms. The van der Waals surface area contributed by atoms with Crippen LogP contribution >= 0.6 is 0 Å². The molecule has 146 valence electrons. The SMILES string of the molecule is CCN(Cc1ccc(C(=O)NO)cc1)C1=C(C)C(O)N(CC=C(C)C)C=N1. The fourth-order valence-corrected chi connectivity index (χ4v) is 2.81. The average molecular weight is 372 g/mol. The molecule has 0 saturated heterocycles. The predicted octanol–water partition coefficient (Wildman–Crippen LogP) is 2.49. The molecule has 1 aromatic carbocycles. The Morgan fingerprint density at radius 3 is 2.56 bits per heavy atom. The molecule has 0 bridgehead atoms. The first-order valence-corrected chi connectivity index (χ1v) is 8.97. The minimum absolute atomic E-state index is 0.390. The van der Waals surface area contributed by atoms with Crippen LogP contribution in [0.25, 0.3) is 0 Å². The zero-order chi connectivity index (χ0) is 20.0. The molecule has 1 aromatic rings. The summed E-state index contributed by atoms with van der Waals surface area (Å²) in [5.41, 5.74) is 5.01. The molecule has 7 nitrogen and oxygen atoms in total. The molecule has 3 N–H and O–H groups in total. The van der Waals surface area contributed by atoms with Crippen molar-refractivity contribution in [3.05, 3.63) is 58.4 Å². The van der Waals surface area contributed by atoms with Crippen molar-refractivity contribution in [3.63, 3.8) is 0 Å². The second-order valence-electron chi connectivity index (χ2n) is 6.76. The lowest BCUT2D eigenvalue weighted by Crippen LogP contribution is -2.40. The van der Waals surface area contributed by atoms with Crippen molar-refractivity contribution in [2.45, 2.75) is 40.5 Å². The number of rotatable bonds is 7. The number of allylic oxidation sites excluding steroid dienone is 1. The zero-order valence-corrected chi connectivity index (χ0v) is 16.3. The van der Waals surface area contributed by atoms with Crippen molar-refractivity contribution in [2.75, 3.05) is 13.1 Å². The van der Waals surface area contributed by atoms with E-state index in [-0.39, 0.29) is 0 Å². The molecule has 1 unspecified atom stereocenters. The molecule has 1 aliphatic rings. The number of benzene rings is 1. The molecule has 0 fully saturated rings. The van der Waals surface area contributed by atoms with Crippen LogP contribution < -0.4 is 5.48 Å². The van der Waals surface area contributed by atoms with Gasteiger partial charge in [-0.3, -0.25) is 10.0 Å². The Kier molecular flexibility index (Phi) is 7.15. The highest BCUT2D eigenvalue weighted by atomic mass is 16.5. The lowest BCUT2D eigenvalue weighted by Gasteiger charge is -2.34. The van der Waals surface area contributed by atoms with Crippen molar-refractivity contribution in [3.8, 4) is 0 Å². The van der Waals surface area contributed by atoms with Gasteiger partial charge in [0.15, 0.2) is 6.23 Å². The van der Waals surface area contributed by atoms with E-state index in [1.807, 2.05) is 39.8 Å². The Balaban J connectivity index is 2.14. The highest BCUT2D eigenvalue weighted by Gasteiger charge is 2.24. The number of nitrogens with one attached hydrogen (secondary N) is 1. The Morgan fingerprint density at radius 1 is 1.33 bits per heavy atom. The van der Waals surface area contributed by atoms with Gasteiger partial charge in [-0.1, -0.05) is 23.8 Å². The van der Waals surface area contributed by atoms with Crippen LogP contribution in [-0.4, -0.2) is 51.7 Å².